The minimum atomic E-state index is -0.144. The van der Waals surface area contributed by atoms with Crippen molar-refractivity contribution in [2.45, 2.75) is 0 Å². The molecule has 2 amide bonds. The summed E-state index contributed by atoms with van der Waals surface area (Å²) in [5.41, 5.74) is 0.639. The van der Waals surface area contributed by atoms with E-state index in [4.69, 9.17) is 0 Å². The zero-order valence-corrected chi connectivity index (χ0v) is 10.2. The summed E-state index contributed by atoms with van der Waals surface area (Å²) in [4.78, 5) is 24.4. The largest absolute Gasteiger partial charge is 0.273 e. The lowest BCUT2D eigenvalue weighted by Gasteiger charge is -2.24. The summed E-state index contributed by atoms with van der Waals surface area (Å²) in [5, 5.41) is 0. The SMILES string of the molecule is O=C1CSCC(=O)N1c1cccc(Br)c1. The molecule has 3 nitrogen and oxygen atoms in total. The fourth-order valence-electron chi connectivity index (χ4n) is 1.40. The molecule has 0 bridgehead atoms. The molecule has 1 heterocycles. The number of carbonyl (C=O) groups is 2. The summed E-state index contributed by atoms with van der Waals surface area (Å²) in [6, 6.07) is 7.20. The van der Waals surface area contributed by atoms with Gasteiger partial charge < -0.3 is 0 Å². The van der Waals surface area contributed by atoms with Crippen LogP contribution in [0.4, 0.5) is 5.69 Å². The van der Waals surface area contributed by atoms with E-state index in [2.05, 4.69) is 15.9 Å². The van der Waals surface area contributed by atoms with Crippen LogP contribution in [0.15, 0.2) is 28.7 Å². The topological polar surface area (TPSA) is 37.4 Å². The van der Waals surface area contributed by atoms with Crippen molar-refractivity contribution in [1.82, 2.24) is 0 Å². The van der Waals surface area contributed by atoms with Crippen LogP contribution in [0.2, 0.25) is 0 Å². The highest BCUT2D eigenvalue weighted by atomic mass is 79.9. The first-order chi connectivity index (χ1) is 7.18. The number of halogens is 1. The number of thioether (sulfide) groups is 1. The fourth-order valence-corrected chi connectivity index (χ4v) is 2.49. The molecular formula is C10H8BrNO2S. The van der Waals surface area contributed by atoms with Crippen molar-refractivity contribution in [2.24, 2.45) is 0 Å². The predicted molar refractivity (Wildman–Crippen MR) is 64.0 cm³/mol. The molecule has 1 aliphatic heterocycles. The van der Waals surface area contributed by atoms with Crippen LogP contribution in [-0.4, -0.2) is 23.3 Å². The number of anilines is 1. The zero-order valence-electron chi connectivity index (χ0n) is 7.77. The highest BCUT2D eigenvalue weighted by molar-refractivity contribution is 9.10. The maximum atomic E-state index is 11.6. The fraction of sp³-hybridized carbons (Fsp3) is 0.200. The average molecular weight is 286 g/mol. The van der Waals surface area contributed by atoms with Crippen molar-refractivity contribution < 1.29 is 9.59 Å². The van der Waals surface area contributed by atoms with Gasteiger partial charge in [0.15, 0.2) is 0 Å². The molecule has 0 unspecified atom stereocenters. The minimum absolute atomic E-state index is 0.144. The van der Waals surface area contributed by atoms with Gasteiger partial charge in [-0.25, -0.2) is 4.90 Å². The number of carbonyl (C=O) groups excluding carboxylic acids is 2. The normalized spacial score (nSPS) is 17.0. The average Bonchev–Trinajstić information content (AvgIpc) is 2.17. The standard InChI is InChI=1S/C10H8BrNO2S/c11-7-2-1-3-8(4-7)12-9(13)5-15-6-10(12)14/h1-4H,5-6H2. The first kappa shape index (κ1) is 10.7. The summed E-state index contributed by atoms with van der Waals surface area (Å²) >= 11 is 4.68. The van der Waals surface area contributed by atoms with Crippen LogP contribution in [0.3, 0.4) is 0 Å². The predicted octanol–water partition coefficient (Wildman–Crippen LogP) is 2.06. The molecule has 1 fully saturated rings. The van der Waals surface area contributed by atoms with Gasteiger partial charge in [0, 0.05) is 4.47 Å². The lowest BCUT2D eigenvalue weighted by Crippen LogP contribution is -2.43. The van der Waals surface area contributed by atoms with Crippen LogP contribution in [-0.2, 0) is 9.59 Å². The molecule has 0 aromatic heterocycles. The van der Waals surface area contributed by atoms with Gasteiger partial charge >= 0.3 is 0 Å². The maximum Gasteiger partial charge on any atom is 0.243 e. The molecule has 15 heavy (non-hydrogen) atoms. The number of amides is 2. The van der Waals surface area contributed by atoms with E-state index in [9.17, 15) is 9.59 Å². The minimum Gasteiger partial charge on any atom is -0.273 e. The van der Waals surface area contributed by atoms with Crippen LogP contribution in [0.1, 0.15) is 0 Å². The molecule has 0 N–H and O–H groups in total. The van der Waals surface area contributed by atoms with Crippen molar-refractivity contribution in [1.29, 1.82) is 0 Å². The molecule has 0 atom stereocenters. The number of hydrogen-bond acceptors (Lipinski definition) is 3. The maximum absolute atomic E-state index is 11.6. The van der Waals surface area contributed by atoms with Gasteiger partial charge in [-0.05, 0) is 18.2 Å². The summed E-state index contributed by atoms with van der Waals surface area (Å²) in [6.07, 6.45) is 0. The summed E-state index contributed by atoms with van der Waals surface area (Å²) < 4.78 is 0.860. The molecule has 0 spiro atoms. The van der Waals surface area contributed by atoms with Crippen molar-refractivity contribution >= 4 is 45.2 Å². The number of nitrogens with zero attached hydrogens (tertiary/aromatic N) is 1. The van der Waals surface area contributed by atoms with Crippen LogP contribution >= 0.6 is 27.7 Å². The van der Waals surface area contributed by atoms with E-state index in [-0.39, 0.29) is 11.8 Å². The quantitative estimate of drug-likeness (QED) is 0.742. The Hall–Kier alpha value is -0.810. The smallest absolute Gasteiger partial charge is 0.243 e. The van der Waals surface area contributed by atoms with Crippen molar-refractivity contribution in [3.63, 3.8) is 0 Å². The number of rotatable bonds is 1. The molecule has 1 saturated heterocycles. The molecular weight excluding hydrogens is 278 g/mol. The second-order valence-electron chi connectivity index (χ2n) is 3.10. The second kappa shape index (κ2) is 4.37. The Labute approximate surface area is 100.0 Å². The van der Waals surface area contributed by atoms with E-state index in [0.29, 0.717) is 17.2 Å². The van der Waals surface area contributed by atoms with Gasteiger partial charge in [-0.15, -0.1) is 11.8 Å². The van der Waals surface area contributed by atoms with Gasteiger partial charge in [-0.2, -0.15) is 0 Å². The molecule has 78 valence electrons. The molecule has 2 rings (SSSR count). The van der Waals surface area contributed by atoms with E-state index in [0.717, 1.165) is 4.47 Å². The van der Waals surface area contributed by atoms with Gasteiger partial charge in [0.05, 0.1) is 17.2 Å². The third-order valence-electron chi connectivity index (χ3n) is 2.02. The van der Waals surface area contributed by atoms with Gasteiger partial charge in [-0.3, -0.25) is 9.59 Å². The Morgan fingerprint density at radius 1 is 1.20 bits per heavy atom. The number of imide groups is 1. The Kier molecular flexibility index (Phi) is 3.11. The summed E-state index contributed by atoms with van der Waals surface area (Å²) in [5.74, 6) is 0.458. The zero-order chi connectivity index (χ0) is 10.8. The Morgan fingerprint density at radius 3 is 2.47 bits per heavy atom. The molecule has 0 radical (unpaired) electrons. The van der Waals surface area contributed by atoms with E-state index < -0.39 is 0 Å². The Morgan fingerprint density at radius 2 is 1.87 bits per heavy atom. The lowest BCUT2D eigenvalue weighted by molar-refractivity contribution is -0.124. The van der Waals surface area contributed by atoms with Gasteiger partial charge in [0.2, 0.25) is 11.8 Å². The summed E-state index contributed by atoms with van der Waals surface area (Å²) in [7, 11) is 0. The van der Waals surface area contributed by atoms with Crippen LogP contribution in [0, 0.1) is 0 Å². The monoisotopic (exact) mass is 285 g/mol. The number of hydrogen-bond donors (Lipinski definition) is 0. The molecule has 5 heteroatoms. The molecule has 1 aromatic rings. The first-order valence-corrected chi connectivity index (χ1v) is 6.32. The Bertz CT molecular complexity index is 406. The van der Waals surface area contributed by atoms with Gasteiger partial charge in [0.25, 0.3) is 0 Å². The highest BCUT2D eigenvalue weighted by Crippen LogP contribution is 2.24. The van der Waals surface area contributed by atoms with E-state index in [1.54, 1.807) is 12.1 Å². The van der Waals surface area contributed by atoms with Crippen LogP contribution in [0.5, 0.6) is 0 Å². The Balaban J connectivity index is 2.35. The first-order valence-electron chi connectivity index (χ1n) is 4.37. The molecule has 1 aromatic carbocycles. The van der Waals surface area contributed by atoms with Crippen LogP contribution < -0.4 is 4.90 Å². The van der Waals surface area contributed by atoms with Crippen LogP contribution in [0.25, 0.3) is 0 Å². The lowest BCUT2D eigenvalue weighted by atomic mass is 10.3. The van der Waals surface area contributed by atoms with E-state index >= 15 is 0 Å². The third kappa shape index (κ3) is 2.23. The summed E-state index contributed by atoms with van der Waals surface area (Å²) in [6.45, 7) is 0. The van der Waals surface area contributed by atoms with Crippen molar-refractivity contribution in [3.8, 4) is 0 Å². The van der Waals surface area contributed by atoms with Gasteiger partial charge in [-0.1, -0.05) is 22.0 Å². The second-order valence-corrected chi connectivity index (χ2v) is 5.00. The molecule has 0 aliphatic carbocycles. The van der Waals surface area contributed by atoms with Crippen molar-refractivity contribution in [3.05, 3.63) is 28.7 Å². The van der Waals surface area contributed by atoms with Gasteiger partial charge in [0.1, 0.15) is 0 Å². The molecule has 0 saturated carbocycles. The van der Waals surface area contributed by atoms with Crippen molar-refractivity contribution in [2.75, 3.05) is 16.4 Å². The highest BCUT2D eigenvalue weighted by Gasteiger charge is 2.27. The third-order valence-corrected chi connectivity index (χ3v) is 3.41. The van der Waals surface area contributed by atoms with E-state index in [1.165, 1.54) is 16.7 Å². The van der Waals surface area contributed by atoms with E-state index in [1.807, 2.05) is 12.1 Å². The number of benzene rings is 1. The molecule has 1 aliphatic rings.